The summed E-state index contributed by atoms with van der Waals surface area (Å²) in [6.07, 6.45) is 88.7. The zero-order valence-electron chi connectivity index (χ0n) is 46.6. The molecule has 0 aliphatic rings. The average molecular weight is 994 g/mol. The topological polar surface area (TPSA) is 61.8 Å². The highest BCUT2D eigenvalue weighted by Crippen LogP contribution is 2.13. The molecular weight excluding hydrogens is 885 g/mol. The first-order valence-corrected chi connectivity index (χ1v) is 29.4. The van der Waals surface area contributed by atoms with E-state index >= 15 is 0 Å². The van der Waals surface area contributed by atoms with Crippen LogP contribution in [-0.2, 0) is 23.8 Å². The van der Waals surface area contributed by atoms with Crippen LogP contribution < -0.4 is 0 Å². The quantitative estimate of drug-likeness (QED) is 0.0345. The third-order valence-corrected chi connectivity index (χ3v) is 11.9. The van der Waals surface area contributed by atoms with Gasteiger partial charge in [-0.25, -0.2) is 0 Å². The van der Waals surface area contributed by atoms with Crippen LogP contribution in [0.3, 0.4) is 0 Å². The number of ether oxygens (including phenoxy) is 3. The maximum Gasteiger partial charge on any atom is 0.306 e. The van der Waals surface area contributed by atoms with Crippen LogP contribution in [-0.4, -0.2) is 37.9 Å². The second kappa shape index (κ2) is 61.1. The number of hydrogen-bond donors (Lipinski definition) is 0. The summed E-state index contributed by atoms with van der Waals surface area (Å²) in [6, 6.07) is 0. The van der Waals surface area contributed by atoms with Crippen molar-refractivity contribution in [2.75, 3.05) is 19.8 Å². The fourth-order valence-electron chi connectivity index (χ4n) is 7.60. The van der Waals surface area contributed by atoms with Crippen molar-refractivity contribution in [2.45, 2.75) is 245 Å². The van der Waals surface area contributed by atoms with Gasteiger partial charge in [-0.15, -0.1) is 0 Å². The highest BCUT2D eigenvalue weighted by Gasteiger charge is 2.17. The summed E-state index contributed by atoms with van der Waals surface area (Å²) < 4.78 is 17.5. The van der Waals surface area contributed by atoms with Gasteiger partial charge in [0, 0.05) is 19.4 Å². The van der Waals surface area contributed by atoms with Crippen molar-refractivity contribution in [3.05, 3.63) is 146 Å². The first-order chi connectivity index (χ1) is 35.6. The summed E-state index contributed by atoms with van der Waals surface area (Å²) in [6.45, 7) is 7.42. The molecule has 0 saturated carbocycles. The molecule has 0 spiro atoms. The fraction of sp³-hybridized carbons (Fsp3) is 0.612. The molecule has 0 rings (SSSR count). The Kier molecular flexibility index (Phi) is 57.5. The van der Waals surface area contributed by atoms with E-state index < -0.39 is 6.10 Å². The van der Waals surface area contributed by atoms with E-state index in [0.29, 0.717) is 19.4 Å². The maximum atomic E-state index is 12.9. The highest BCUT2D eigenvalue weighted by atomic mass is 16.6. The molecule has 5 nitrogen and oxygen atoms in total. The van der Waals surface area contributed by atoms with Crippen molar-refractivity contribution in [3.8, 4) is 0 Å². The molecular formula is C67H108O5. The number of unbranched alkanes of at least 4 members (excludes halogenated alkanes) is 17. The molecule has 0 saturated heterocycles. The zero-order valence-corrected chi connectivity index (χ0v) is 46.6. The van der Waals surface area contributed by atoms with E-state index in [9.17, 15) is 9.59 Å². The predicted molar refractivity (Wildman–Crippen MR) is 315 cm³/mol. The smallest absolute Gasteiger partial charge is 0.306 e. The number of carbonyl (C=O) groups excluding carboxylic acids is 2. The molecule has 0 amide bonds. The maximum absolute atomic E-state index is 12.9. The highest BCUT2D eigenvalue weighted by molar-refractivity contribution is 5.70. The summed E-state index contributed by atoms with van der Waals surface area (Å²) in [4.78, 5) is 25.6. The van der Waals surface area contributed by atoms with Crippen LogP contribution in [0, 0.1) is 0 Å². The van der Waals surface area contributed by atoms with Gasteiger partial charge in [0.05, 0.1) is 6.61 Å². The van der Waals surface area contributed by atoms with Gasteiger partial charge >= 0.3 is 11.9 Å². The summed E-state index contributed by atoms with van der Waals surface area (Å²) in [5.74, 6) is -0.461. The molecule has 0 heterocycles. The molecule has 5 heteroatoms. The second-order valence-corrected chi connectivity index (χ2v) is 18.7. The Bertz CT molecular complexity index is 1540. The van der Waals surface area contributed by atoms with Crippen molar-refractivity contribution in [1.29, 1.82) is 0 Å². The molecule has 0 aliphatic heterocycles. The molecule has 72 heavy (non-hydrogen) atoms. The molecule has 0 radical (unpaired) electrons. The number of allylic oxidation sites excluding steroid dienone is 24. The van der Waals surface area contributed by atoms with E-state index in [2.05, 4.69) is 167 Å². The molecule has 0 aromatic heterocycles. The zero-order chi connectivity index (χ0) is 52.0. The lowest BCUT2D eigenvalue weighted by molar-refractivity contribution is -0.163. The minimum Gasteiger partial charge on any atom is -0.462 e. The Morgan fingerprint density at radius 1 is 0.306 bits per heavy atom. The van der Waals surface area contributed by atoms with Gasteiger partial charge in [-0.3, -0.25) is 9.59 Å². The van der Waals surface area contributed by atoms with E-state index in [0.717, 1.165) is 141 Å². The lowest BCUT2D eigenvalue weighted by Gasteiger charge is -2.18. The predicted octanol–water partition coefficient (Wildman–Crippen LogP) is 20.5. The minimum absolute atomic E-state index is 0.0493. The number of hydrogen-bond acceptors (Lipinski definition) is 5. The largest absolute Gasteiger partial charge is 0.462 e. The van der Waals surface area contributed by atoms with Crippen LogP contribution in [0.1, 0.15) is 239 Å². The molecule has 1 atom stereocenters. The third kappa shape index (κ3) is 58.4. The second-order valence-electron chi connectivity index (χ2n) is 18.7. The standard InChI is InChI=1S/C67H108O5/c1-4-7-10-13-16-19-22-25-28-31-34-36-39-42-45-48-51-54-57-60-66(68)71-64-65(63-70-62-59-56-53-50-47-44-41-38-33-30-27-24-21-18-15-12-9-6-3)72-67(69)61-58-55-52-49-46-43-40-37-35-32-29-26-23-20-17-14-11-8-5-2/h7-12,16-21,25-30,34-37,42,45,65H,4-6,13-15,22-24,31-33,38-41,43-44,46-64H2,1-3H3/b10-7-,11-8-,12-9-,19-16-,20-17-,21-18-,28-25-,29-26-,30-27-,36-34-,37-35-,45-42-. The molecule has 406 valence electrons. The van der Waals surface area contributed by atoms with Gasteiger partial charge in [-0.05, 0) is 135 Å². The third-order valence-electron chi connectivity index (χ3n) is 11.9. The summed E-state index contributed by atoms with van der Waals surface area (Å²) in [5.41, 5.74) is 0. The molecule has 0 aromatic rings. The fourth-order valence-corrected chi connectivity index (χ4v) is 7.60. The lowest BCUT2D eigenvalue weighted by atomic mass is 10.1. The monoisotopic (exact) mass is 993 g/mol. The SMILES string of the molecule is CC/C=C\C/C=C\C/C=C\C/C=C\C/C=C\CCCCCC(=O)OCC(COCCCCCCCCCC/C=C\C/C=C\C/C=C\CC)OC(=O)CCCCCCCC/C=C\C/C=C\C/C=C\C/C=C\CC. The van der Waals surface area contributed by atoms with Gasteiger partial charge in [-0.1, -0.05) is 237 Å². The number of rotatable bonds is 52. The van der Waals surface area contributed by atoms with Crippen LogP contribution >= 0.6 is 0 Å². The first kappa shape index (κ1) is 67.8. The number of carbonyl (C=O) groups is 2. The molecule has 0 fully saturated rings. The van der Waals surface area contributed by atoms with Crippen LogP contribution in [0.2, 0.25) is 0 Å². The van der Waals surface area contributed by atoms with Gasteiger partial charge in [0.2, 0.25) is 0 Å². The molecule has 0 aliphatic carbocycles. The van der Waals surface area contributed by atoms with Crippen molar-refractivity contribution in [1.82, 2.24) is 0 Å². The Morgan fingerprint density at radius 2 is 0.583 bits per heavy atom. The Balaban J connectivity index is 4.42. The Labute approximate surface area is 444 Å². The summed E-state index contributed by atoms with van der Waals surface area (Å²) in [7, 11) is 0. The van der Waals surface area contributed by atoms with E-state index in [-0.39, 0.29) is 25.2 Å². The van der Waals surface area contributed by atoms with E-state index in [4.69, 9.17) is 14.2 Å². The number of esters is 2. The molecule has 0 bridgehead atoms. The Hall–Kier alpha value is -4.22. The summed E-state index contributed by atoms with van der Waals surface area (Å²) >= 11 is 0. The van der Waals surface area contributed by atoms with Crippen molar-refractivity contribution in [3.63, 3.8) is 0 Å². The molecule has 0 N–H and O–H groups in total. The minimum atomic E-state index is -0.575. The first-order valence-electron chi connectivity index (χ1n) is 29.4. The van der Waals surface area contributed by atoms with Crippen LogP contribution in [0.5, 0.6) is 0 Å². The van der Waals surface area contributed by atoms with Gasteiger partial charge in [0.25, 0.3) is 0 Å². The van der Waals surface area contributed by atoms with E-state index in [1.807, 2.05) is 0 Å². The van der Waals surface area contributed by atoms with E-state index in [1.54, 1.807) is 0 Å². The van der Waals surface area contributed by atoms with Crippen molar-refractivity contribution < 1.29 is 23.8 Å². The van der Waals surface area contributed by atoms with Gasteiger partial charge < -0.3 is 14.2 Å². The summed E-state index contributed by atoms with van der Waals surface area (Å²) in [5, 5.41) is 0. The molecule has 1 unspecified atom stereocenters. The molecule has 0 aromatic carbocycles. The van der Waals surface area contributed by atoms with Gasteiger partial charge in [-0.2, -0.15) is 0 Å². The van der Waals surface area contributed by atoms with Crippen molar-refractivity contribution >= 4 is 11.9 Å². The van der Waals surface area contributed by atoms with Gasteiger partial charge in [0.1, 0.15) is 6.61 Å². The lowest BCUT2D eigenvalue weighted by Crippen LogP contribution is -2.30. The van der Waals surface area contributed by atoms with E-state index in [1.165, 1.54) is 64.2 Å². The van der Waals surface area contributed by atoms with Gasteiger partial charge in [0.15, 0.2) is 6.10 Å². The normalized spacial score (nSPS) is 13.3. The van der Waals surface area contributed by atoms with Crippen LogP contribution in [0.25, 0.3) is 0 Å². The van der Waals surface area contributed by atoms with Crippen LogP contribution in [0.15, 0.2) is 146 Å². The Morgan fingerprint density at radius 3 is 0.944 bits per heavy atom. The van der Waals surface area contributed by atoms with Crippen molar-refractivity contribution in [2.24, 2.45) is 0 Å². The average Bonchev–Trinajstić information content (AvgIpc) is 3.38. The van der Waals surface area contributed by atoms with Crippen LogP contribution in [0.4, 0.5) is 0 Å².